The van der Waals surface area contributed by atoms with Gasteiger partial charge in [-0.25, -0.2) is 0 Å². The molecule has 16 heavy (non-hydrogen) atoms. The Hall–Kier alpha value is -1.06. The summed E-state index contributed by atoms with van der Waals surface area (Å²) < 4.78 is 5.24. The first-order chi connectivity index (χ1) is 7.54. The van der Waals surface area contributed by atoms with Crippen molar-refractivity contribution >= 4 is 11.9 Å². The molecule has 1 fully saturated rings. The van der Waals surface area contributed by atoms with Crippen molar-refractivity contribution in [2.24, 2.45) is 11.8 Å². The molecule has 0 aromatic carbocycles. The number of rotatable bonds is 4. The predicted octanol–water partition coefficient (Wildman–Crippen LogP) is 2.22. The molecule has 1 rings (SSSR count). The molecular weight excluding hydrogens is 208 g/mol. The molecule has 92 valence electrons. The van der Waals surface area contributed by atoms with Crippen LogP contribution in [0.2, 0.25) is 0 Å². The van der Waals surface area contributed by atoms with Crippen LogP contribution in [-0.2, 0) is 14.3 Å². The van der Waals surface area contributed by atoms with Gasteiger partial charge in [-0.15, -0.1) is 0 Å². The molecule has 4 nitrogen and oxygen atoms in total. The highest BCUT2D eigenvalue weighted by Crippen LogP contribution is 2.30. The highest BCUT2D eigenvalue weighted by Gasteiger charge is 2.32. The van der Waals surface area contributed by atoms with Gasteiger partial charge in [0.15, 0.2) is 0 Å². The lowest BCUT2D eigenvalue weighted by atomic mass is 9.81. The summed E-state index contributed by atoms with van der Waals surface area (Å²) in [6, 6.07) is 0. The van der Waals surface area contributed by atoms with Crippen LogP contribution in [0.3, 0.4) is 0 Å². The van der Waals surface area contributed by atoms with Gasteiger partial charge in [0.25, 0.3) is 0 Å². The number of carbonyl (C=O) groups excluding carboxylic acids is 1. The Bertz CT molecular complexity index is 262. The summed E-state index contributed by atoms with van der Waals surface area (Å²) in [7, 11) is 0. The van der Waals surface area contributed by atoms with Crippen molar-refractivity contribution in [3.63, 3.8) is 0 Å². The quantitative estimate of drug-likeness (QED) is 0.749. The van der Waals surface area contributed by atoms with E-state index in [1.807, 2.05) is 13.8 Å². The van der Waals surface area contributed by atoms with E-state index in [9.17, 15) is 9.59 Å². The lowest BCUT2D eigenvalue weighted by Gasteiger charge is -2.26. The molecule has 0 aromatic rings. The Morgan fingerprint density at radius 2 is 2.00 bits per heavy atom. The average molecular weight is 228 g/mol. The minimum absolute atomic E-state index is 0.0716. The normalized spacial score (nSPS) is 27.1. The van der Waals surface area contributed by atoms with Crippen molar-refractivity contribution in [1.29, 1.82) is 0 Å². The lowest BCUT2D eigenvalue weighted by Crippen LogP contribution is -2.30. The summed E-state index contributed by atoms with van der Waals surface area (Å²) in [6.07, 6.45) is 3.40. The Labute approximate surface area is 96.0 Å². The molecule has 4 heteroatoms. The number of carboxylic acids is 1. The van der Waals surface area contributed by atoms with Crippen LogP contribution in [0.5, 0.6) is 0 Å². The molecule has 3 unspecified atom stereocenters. The zero-order chi connectivity index (χ0) is 12.1. The molecule has 1 aliphatic rings. The van der Waals surface area contributed by atoms with E-state index in [1.165, 1.54) is 0 Å². The summed E-state index contributed by atoms with van der Waals surface area (Å²) >= 11 is 0. The fourth-order valence-corrected chi connectivity index (χ4v) is 2.01. The van der Waals surface area contributed by atoms with Gasteiger partial charge in [0.2, 0.25) is 0 Å². The molecule has 0 heterocycles. The van der Waals surface area contributed by atoms with Crippen LogP contribution in [0.4, 0.5) is 0 Å². The number of esters is 1. The van der Waals surface area contributed by atoms with Gasteiger partial charge in [0.05, 0.1) is 17.9 Å². The lowest BCUT2D eigenvalue weighted by molar-refractivity contribution is -0.156. The number of hydrogen-bond acceptors (Lipinski definition) is 3. The smallest absolute Gasteiger partial charge is 0.309 e. The van der Waals surface area contributed by atoms with Crippen LogP contribution in [-0.4, -0.2) is 23.1 Å². The second kappa shape index (κ2) is 5.87. The van der Waals surface area contributed by atoms with E-state index in [0.717, 1.165) is 19.3 Å². The zero-order valence-electron chi connectivity index (χ0n) is 9.94. The largest absolute Gasteiger partial charge is 0.481 e. The molecule has 1 N–H and O–H groups in total. The topological polar surface area (TPSA) is 63.6 Å². The molecule has 0 bridgehead atoms. The molecule has 1 saturated carbocycles. The van der Waals surface area contributed by atoms with Gasteiger partial charge in [0.1, 0.15) is 0 Å². The second-order valence-electron chi connectivity index (χ2n) is 4.55. The molecule has 0 radical (unpaired) electrons. The second-order valence-corrected chi connectivity index (χ2v) is 4.55. The van der Waals surface area contributed by atoms with E-state index in [1.54, 1.807) is 0 Å². The number of ether oxygens (including phenoxy) is 1. The number of carboxylic acid groups (broad SMARTS) is 1. The van der Waals surface area contributed by atoms with Crippen molar-refractivity contribution in [2.75, 3.05) is 0 Å². The van der Waals surface area contributed by atoms with Crippen LogP contribution in [0.1, 0.15) is 46.0 Å². The molecule has 1 aliphatic carbocycles. The fourth-order valence-electron chi connectivity index (χ4n) is 2.01. The van der Waals surface area contributed by atoms with Crippen LogP contribution in [0, 0.1) is 11.8 Å². The SMILES string of the molecule is CCC(C)OC(=O)C1CCCC(C(=O)O)C1. The van der Waals surface area contributed by atoms with E-state index in [4.69, 9.17) is 9.84 Å². The molecule has 0 saturated heterocycles. The van der Waals surface area contributed by atoms with E-state index >= 15 is 0 Å². The highest BCUT2D eigenvalue weighted by atomic mass is 16.5. The zero-order valence-corrected chi connectivity index (χ0v) is 9.94. The Morgan fingerprint density at radius 1 is 1.38 bits per heavy atom. The number of aliphatic carboxylic acids is 1. The van der Waals surface area contributed by atoms with Crippen molar-refractivity contribution in [1.82, 2.24) is 0 Å². The first-order valence-electron chi connectivity index (χ1n) is 5.97. The first-order valence-corrected chi connectivity index (χ1v) is 5.97. The fraction of sp³-hybridized carbons (Fsp3) is 0.833. The van der Waals surface area contributed by atoms with Crippen LogP contribution < -0.4 is 0 Å². The minimum Gasteiger partial charge on any atom is -0.481 e. The number of carbonyl (C=O) groups is 2. The summed E-state index contributed by atoms with van der Waals surface area (Å²) in [5.41, 5.74) is 0. The van der Waals surface area contributed by atoms with Gasteiger partial charge in [-0.1, -0.05) is 13.3 Å². The van der Waals surface area contributed by atoms with Crippen LogP contribution in [0.25, 0.3) is 0 Å². The maximum absolute atomic E-state index is 11.7. The Kier molecular flexibility index (Phi) is 4.77. The summed E-state index contributed by atoms with van der Waals surface area (Å²) in [5, 5.41) is 8.91. The standard InChI is InChI=1S/C12H20O4/c1-3-8(2)16-12(15)10-6-4-5-9(7-10)11(13)14/h8-10H,3-7H2,1-2H3,(H,13,14). The molecular formula is C12H20O4. The summed E-state index contributed by atoms with van der Waals surface area (Å²) in [6.45, 7) is 3.81. The molecule has 0 aliphatic heterocycles. The summed E-state index contributed by atoms with van der Waals surface area (Å²) in [5.74, 6) is -1.60. The predicted molar refractivity (Wildman–Crippen MR) is 58.9 cm³/mol. The van der Waals surface area contributed by atoms with Gasteiger partial charge in [-0.05, 0) is 32.6 Å². The maximum atomic E-state index is 11.7. The third kappa shape index (κ3) is 3.51. The third-order valence-electron chi connectivity index (χ3n) is 3.25. The Balaban J connectivity index is 2.47. The first kappa shape index (κ1) is 13.0. The van der Waals surface area contributed by atoms with E-state index in [2.05, 4.69) is 0 Å². The monoisotopic (exact) mass is 228 g/mol. The van der Waals surface area contributed by atoms with Crippen molar-refractivity contribution < 1.29 is 19.4 Å². The van der Waals surface area contributed by atoms with Gasteiger partial charge in [-0.2, -0.15) is 0 Å². The van der Waals surface area contributed by atoms with Crippen molar-refractivity contribution in [2.45, 2.75) is 52.1 Å². The Morgan fingerprint density at radius 3 is 2.56 bits per heavy atom. The van der Waals surface area contributed by atoms with Crippen molar-refractivity contribution in [3.8, 4) is 0 Å². The van der Waals surface area contributed by atoms with Crippen LogP contribution in [0.15, 0.2) is 0 Å². The van der Waals surface area contributed by atoms with E-state index in [0.29, 0.717) is 12.8 Å². The average Bonchev–Trinajstić information content (AvgIpc) is 2.28. The van der Waals surface area contributed by atoms with Gasteiger partial charge >= 0.3 is 11.9 Å². The highest BCUT2D eigenvalue weighted by molar-refractivity contribution is 5.75. The van der Waals surface area contributed by atoms with E-state index < -0.39 is 5.97 Å². The molecule has 0 spiro atoms. The maximum Gasteiger partial charge on any atom is 0.309 e. The van der Waals surface area contributed by atoms with Gasteiger partial charge in [-0.3, -0.25) is 9.59 Å². The minimum atomic E-state index is -0.791. The van der Waals surface area contributed by atoms with Crippen molar-refractivity contribution in [3.05, 3.63) is 0 Å². The van der Waals surface area contributed by atoms with Crippen LogP contribution >= 0.6 is 0 Å². The summed E-state index contributed by atoms with van der Waals surface area (Å²) in [4.78, 5) is 22.6. The molecule has 0 amide bonds. The number of hydrogen-bond donors (Lipinski definition) is 1. The van der Waals surface area contributed by atoms with Gasteiger partial charge < -0.3 is 9.84 Å². The molecule has 0 aromatic heterocycles. The molecule has 3 atom stereocenters. The van der Waals surface area contributed by atoms with E-state index in [-0.39, 0.29) is 23.9 Å². The third-order valence-corrected chi connectivity index (χ3v) is 3.25. The van der Waals surface area contributed by atoms with Gasteiger partial charge in [0, 0.05) is 0 Å².